The van der Waals surface area contributed by atoms with E-state index in [2.05, 4.69) is 30.4 Å². The van der Waals surface area contributed by atoms with Crippen molar-refractivity contribution < 1.29 is 29.3 Å². The van der Waals surface area contributed by atoms with E-state index in [1.54, 1.807) is 30.3 Å². The lowest BCUT2D eigenvalue weighted by atomic mass is 9.98. The van der Waals surface area contributed by atoms with Crippen LogP contribution >= 0.6 is 25.6 Å². The Kier molecular flexibility index (Phi) is 9.81. The van der Waals surface area contributed by atoms with Crippen molar-refractivity contribution in [1.82, 2.24) is 9.03 Å². The lowest BCUT2D eigenvalue weighted by Gasteiger charge is -2.28. The minimum atomic E-state index is -1.42. The average Bonchev–Trinajstić information content (AvgIpc) is 2.79. The second kappa shape index (κ2) is 12.3. The fourth-order valence-electron chi connectivity index (χ4n) is 2.76. The summed E-state index contributed by atoms with van der Waals surface area (Å²) in [5, 5.41) is 20.2. The van der Waals surface area contributed by atoms with Gasteiger partial charge in [-0.1, -0.05) is 86.3 Å². The molecule has 8 nitrogen and oxygen atoms in total. The zero-order valence-corrected chi connectivity index (χ0v) is 17.8. The van der Waals surface area contributed by atoms with Gasteiger partial charge in [-0.15, -0.1) is 0 Å². The Morgan fingerprint density at radius 2 is 1.50 bits per heavy atom. The zero-order valence-electron chi connectivity index (χ0n) is 16.0. The Bertz CT molecular complexity index is 796. The maximum atomic E-state index is 12.4. The van der Waals surface area contributed by atoms with Crippen molar-refractivity contribution in [2.24, 2.45) is 0 Å². The Labute approximate surface area is 185 Å². The lowest BCUT2D eigenvalue weighted by molar-refractivity contribution is 0.0167. The molecule has 3 atom stereocenters. The van der Waals surface area contributed by atoms with Crippen LogP contribution in [0.1, 0.15) is 23.0 Å². The van der Waals surface area contributed by atoms with E-state index in [-0.39, 0.29) is 13.2 Å². The van der Waals surface area contributed by atoms with Crippen LogP contribution in [0.25, 0.3) is 0 Å². The van der Waals surface area contributed by atoms with Crippen molar-refractivity contribution in [2.45, 2.75) is 18.1 Å². The molecule has 0 aliphatic carbocycles. The molecule has 0 aliphatic heterocycles. The number of nitrogens with one attached hydrogen (secondary N) is 1. The minimum absolute atomic E-state index is 0.0535. The number of amides is 2. The molecule has 0 heterocycles. The van der Waals surface area contributed by atoms with Gasteiger partial charge >= 0.3 is 12.2 Å². The molecule has 0 aliphatic rings. The summed E-state index contributed by atoms with van der Waals surface area (Å²) in [6, 6.07) is 17.9. The number of aliphatic hydroxyl groups excluding tert-OH is 2. The van der Waals surface area contributed by atoms with Gasteiger partial charge in [-0.05, 0) is 11.1 Å². The molecule has 10 heteroatoms. The van der Waals surface area contributed by atoms with Crippen LogP contribution in [0.3, 0.4) is 0 Å². The van der Waals surface area contributed by atoms with Gasteiger partial charge in [0.15, 0.2) is 6.23 Å². The normalized spacial score (nSPS) is 13.6. The number of ether oxygens (including phenoxy) is 2. The first-order valence-electron chi connectivity index (χ1n) is 9.08. The van der Waals surface area contributed by atoms with Crippen molar-refractivity contribution in [2.75, 3.05) is 19.8 Å². The fraction of sp³-hybridized carbons (Fsp3) is 0.300. The molecule has 162 valence electrons. The summed E-state index contributed by atoms with van der Waals surface area (Å²) in [5.41, 5.74) is 1.44. The third-order valence-electron chi connectivity index (χ3n) is 4.41. The molecule has 0 saturated carbocycles. The molecule has 2 amide bonds. The number of carbonyl (C=O) groups is 2. The van der Waals surface area contributed by atoms with Crippen molar-refractivity contribution in [3.63, 3.8) is 0 Å². The molecule has 2 aromatic rings. The van der Waals surface area contributed by atoms with Crippen molar-refractivity contribution in [3.05, 3.63) is 71.8 Å². The average molecular weight is 453 g/mol. The van der Waals surface area contributed by atoms with Gasteiger partial charge in [-0.25, -0.2) is 13.9 Å². The minimum Gasteiger partial charge on any atom is -0.448 e. The highest BCUT2D eigenvalue weighted by molar-refractivity contribution is 7.78. The van der Waals surface area contributed by atoms with Crippen LogP contribution in [0.4, 0.5) is 9.59 Å². The molecular weight excluding hydrogens is 428 g/mol. The molecule has 2 rings (SSSR count). The standard InChI is InChI=1S/C20H24N2O6S2/c23-11-17(15-9-5-2-6-10-15)18(24)22(30)20(26)28-13-16(12-27-19(25)21-29)14-7-3-1-4-8-14/h1-10,16-18,23-24,29-30H,11-13H2,(H,21,25). The highest BCUT2D eigenvalue weighted by atomic mass is 32.1. The first-order valence-corrected chi connectivity index (χ1v) is 9.93. The smallest absolute Gasteiger partial charge is 0.421 e. The zero-order chi connectivity index (χ0) is 21.9. The maximum Gasteiger partial charge on any atom is 0.421 e. The summed E-state index contributed by atoms with van der Waals surface area (Å²) in [6.45, 7) is -0.571. The highest BCUT2D eigenvalue weighted by Gasteiger charge is 2.30. The van der Waals surface area contributed by atoms with E-state index in [9.17, 15) is 19.8 Å². The number of rotatable bonds is 9. The highest BCUT2D eigenvalue weighted by Crippen LogP contribution is 2.24. The molecule has 0 bridgehead atoms. The van der Waals surface area contributed by atoms with E-state index in [0.717, 1.165) is 9.87 Å². The van der Waals surface area contributed by atoms with Gasteiger partial charge < -0.3 is 19.7 Å². The van der Waals surface area contributed by atoms with Gasteiger partial charge in [0.25, 0.3) is 0 Å². The summed E-state index contributed by atoms with van der Waals surface area (Å²) in [7, 11) is 0. The molecule has 0 fully saturated rings. The third kappa shape index (κ3) is 6.84. The second-order valence-corrected chi connectivity index (χ2v) is 7.01. The molecule has 3 N–H and O–H groups in total. The molecular formula is C20H24N2O6S2. The Morgan fingerprint density at radius 3 is 2.03 bits per heavy atom. The number of thiol groups is 2. The Morgan fingerprint density at radius 1 is 0.967 bits per heavy atom. The fourth-order valence-corrected chi connectivity index (χ4v) is 3.05. The van der Waals surface area contributed by atoms with Crippen molar-refractivity contribution >= 4 is 37.8 Å². The van der Waals surface area contributed by atoms with Gasteiger partial charge in [0.05, 0.1) is 18.4 Å². The van der Waals surface area contributed by atoms with E-state index in [1.165, 1.54) is 0 Å². The summed E-state index contributed by atoms with van der Waals surface area (Å²) >= 11 is 7.67. The number of hydrogen-bond donors (Lipinski definition) is 5. The van der Waals surface area contributed by atoms with Crippen LogP contribution < -0.4 is 4.72 Å². The van der Waals surface area contributed by atoms with E-state index in [4.69, 9.17) is 9.47 Å². The van der Waals surface area contributed by atoms with E-state index < -0.39 is 36.9 Å². The lowest BCUT2D eigenvalue weighted by Crippen LogP contribution is -2.39. The van der Waals surface area contributed by atoms with Gasteiger partial charge in [0, 0.05) is 0 Å². The van der Waals surface area contributed by atoms with E-state index in [1.807, 2.05) is 30.3 Å². The molecule has 2 aromatic carbocycles. The molecule has 3 unspecified atom stereocenters. The molecule has 30 heavy (non-hydrogen) atoms. The van der Waals surface area contributed by atoms with E-state index >= 15 is 0 Å². The van der Waals surface area contributed by atoms with Crippen LogP contribution in [-0.2, 0) is 9.47 Å². The number of nitrogens with zero attached hydrogens (tertiary/aromatic N) is 1. The molecule has 0 saturated heterocycles. The summed E-state index contributed by atoms with van der Waals surface area (Å²) in [5.74, 6) is -1.20. The second-order valence-electron chi connectivity index (χ2n) is 6.35. The Balaban J connectivity index is 2.01. The summed E-state index contributed by atoms with van der Waals surface area (Å²) in [4.78, 5) is 23.8. The largest absolute Gasteiger partial charge is 0.448 e. The van der Waals surface area contributed by atoms with Crippen molar-refractivity contribution in [3.8, 4) is 0 Å². The quantitative estimate of drug-likeness (QED) is 0.296. The molecule has 0 radical (unpaired) electrons. The van der Waals surface area contributed by atoms with Crippen LogP contribution in [0.2, 0.25) is 0 Å². The topological polar surface area (TPSA) is 108 Å². The van der Waals surface area contributed by atoms with Crippen LogP contribution in [0, 0.1) is 0 Å². The summed E-state index contributed by atoms with van der Waals surface area (Å²) in [6.07, 6.45) is -3.06. The van der Waals surface area contributed by atoms with Crippen molar-refractivity contribution in [1.29, 1.82) is 0 Å². The Hall–Kier alpha value is -2.40. The van der Waals surface area contributed by atoms with Crippen LogP contribution in [-0.4, -0.2) is 52.8 Å². The van der Waals surface area contributed by atoms with Gasteiger partial charge in [0.1, 0.15) is 13.2 Å². The molecule has 0 spiro atoms. The number of benzene rings is 2. The molecule has 0 aromatic heterocycles. The monoisotopic (exact) mass is 452 g/mol. The van der Waals surface area contributed by atoms with Gasteiger partial charge in [0.2, 0.25) is 0 Å². The first kappa shape index (κ1) is 23.9. The summed E-state index contributed by atoms with van der Waals surface area (Å²) < 4.78 is 13.1. The first-order chi connectivity index (χ1) is 14.5. The number of aliphatic hydroxyl groups is 2. The maximum absolute atomic E-state index is 12.4. The predicted octanol–water partition coefficient (Wildman–Crippen LogP) is 2.72. The number of carbonyl (C=O) groups excluding carboxylic acids is 2. The third-order valence-corrected chi connectivity index (χ3v) is 4.99. The van der Waals surface area contributed by atoms with Crippen LogP contribution in [0.15, 0.2) is 60.7 Å². The number of hydrogen-bond acceptors (Lipinski definition) is 8. The van der Waals surface area contributed by atoms with Gasteiger partial charge in [-0.2, -0.15) is 0 Å². The SMILES string of the molecule is O=C(NS)OCC(COC(=O)N(S)C(O)C(CO)c1ccccc1)c1ccccc1. The predicted molar refractivity (Wildman–Crippen MR) is 117 cm³/mol. The van der Waals surface area contributed by atoms with E-state index in [0.29, 0.717) is 5.56 Å². The van der Waals surface area contributed by atoms with Crippen LogP contribution in [0.5, 0.6) is 0 Å². The van der Waals surface area contributed by atoms with Gasteiger partial charge in [-0.3, -0.25) is 4.72 Å².